The van der Waals surface area contributed by atoms with Crippen LogP contribution in [0, 0.1) is 34.5 Å². The molecule has 338 valence electrons. The highest BCUT2D eigenvalue weighted by Crippen LogP contribution is 2.70. The van der Waals surface area contributed by atoms with Gasteiger partial charge in [0.1, 0.15) is 6.61 Å². The van der Waals surface area contributed by atoms with E-state index in [0.717, 1.165) is 29.5 Å². The number of ketones is 2. The largest absolute Gasteiger partial charge is 0.481 e. The fourth-order valence-electron chi connectivity index (χ4n) is 11.3. The molecule has 2 aromatic carbocycles. The molecule has 2 aromatic rings. The number of carbonyl (C=O) groups is 5. The molecule has 0 unspecified atom stereocenters. The van der Waals surface area contributed by atoms with Crippen molar-refractivity contribution in [3.8, 4) is 0 Å². The van der Waals surface area contributed by atoms with Crippen LogP contribution in [0.1, 0.15) is 81.8 Å². The highest BCUT2D eigenvalue weighted by Gasteiger charge is 2.76. The number of aliphatic hydroxyl groups excluding tert-OH is 1. The lowest BCUT2D eigenvalue weighted by Gasteiger charge is -2.59. The summed E-state index contributed by atoms with van der Waals surface area (Å²) in [4.78, 5) is 82.3. The second kappa shape index (κ2) is 18.4. The van der Waals surface area contributed by atoms with Gasteiger partial charge < -0.3 is 40.1 Å². The summed E-state index contributed by atoms with van der Waals surface area (Å²) >= 11 is 3.01. The third-order valence-corrected chi connectivity index (χ3v) is 15.1. The summed E-state index contributed by atoms with van der Waals surface area (Å²) in [5, 5.41) is 26.6. The first kappa shape index (κ1) is 46.9. The van der Waals surface area contributed by atoms with Gasteiger partial charge >= 0.3 is 13.8 Å². The van der Waals surface area contributed by atoms with Crippen molar-refractivity contribution in [1.82, 2.24) is 5.32 Å². The van der Waals surface area contributed by atoms with Crippen LogP contribution in [0.5, 0.6) is 0 Å². The van der Waals surface area contributed by atoms with Crippen LogP contribution in [0.4, 0.5) is 5.69 Å². The first-order valence-corrected chi connectivity index (χ1v) is 23.8. The second-order valence-electron chi connectivity index (χ2n) is 18.0. The molecule has 0 spiro atoms. The number of alkyl halides is 1. The van der Waals surface area contributed by atoms with Crippen molar-refractivity contribution in [2.24, 2.45) is 34.5 Å². The number of rotatable bonds is 17. The van der Waals surface area contributed by atoms with E-state index in [1.54, 1.807) is 18.2 Å². The van der Waals surface area contributed by atoms with Gasteiger partial charge in [0.2, 0.25) is 11.8 Å². The Bertz CT molecular complexity index is 2280. The van der Waals surface area contributed by atoms with Crippen LogP contribution in [-0.2, 0) is 49.0 Å². The number of Topliss-reactive ketones (excluding diaryl/α,β-unsaturated/α-hetero) is 2. The molecule has 10 atom stereocenters. The molecule has 1 saturated heterocycles. The normalized spacial score (nSPS) is 31.1. The smallest absolute Gasteiger partial charge is 0.470 e. The first-order chi connectivity index (χ1) is 29.8. The van der Waals surface area contributed by atoms with Crippen LogP contribution in [0.2, 0.25) is 0 Å². The monoisotopic (exact) mass is 952 g/mol. The molecule has 17 heteroatoms. The molecule has 4 fully saturated rings. The van der Waals surface area contributed by atoms with Gasteiger partial charge in [0, 0.05) is 46.8 Å². The van der Waals surface area contributed by atoms with Gasteiger partial charge in [0.05, 0.1) is 24.1 Å². The molecule has 2 amide bonds. The third kappa shape index (κ3) is 9.51. The fourth-order valence-corrected chi connectivity index (χ4v) is 11.8. The Labute approximate surface area is 374 Å². The highest BCUT2D eigenvalue weighted by molar-refractivity contribution is 9.09. The average Bonchev–Trinajstić information content (AvgIpc) is 3.73. The minimum atomic E-state index is -5.02. The van der Waals surface area contributed by atoms with Crippen molar-refractivity contribution in [1.29, 1.82) is 0 Å². The Balaban J connectivity index is 1.06. The molecule has 0 bridgehead atoms. The number of hydrogen-bond acceptors (Lipinski definition) is 10. The van der Waals surface area contributed by atoms with Crippen LogP contribution in [0.25, 0.3) is 0 Å². The Morgan fingerprint density at radius 2 is 1.83 bits per heavy atom. The molecule has 4 aliphatic carbocycles. The summed E-state index contributed by atoms with van der Waals surface area (Å²) in [6.07, 6.45) is 5.75. The standard InChI is InChI=1S/C46H54BrN2O13P/c1-26-15-16-44(2)31(17-26)12-13-34-35-21-38-46(37(52)25-60-63(57,58)59,45(35,3)22-36(51)41(34)44)62-43(61-38)29-9-7-27(8-10-29)18-28-5-4-6-32(19-28)49-42(56)30(11-14-40(54)55)20-33(50)24-48-39(53)23-47/h4-10,15-17,19,30,34-36,38,41,43,51H,1,11-14,18,20-25H2,2-3H3,(H,48,53)(H,49,56)(H,54,55)(H2,57,58,59)/t30-,34+,35+,36+,38-,41-,43-,44+,45+,46-/m1/s1. The van der Waals surface area contributed by atoms with Crippen molar-refractivity contribution >= 4 is 58.8 Å². The van der Waals surface area contributed by atoms with Crippen molar-refractivity contribution in [2.45, 2.75) is 89.3 Å². The van der Waals surface area contributed by atoms with E-state index < -0.39 is 78.7 Å². The van der Waals surface area contributed by atoms with Gasteiger partial charge in [-0.15, -0.1) is 0 Å². The zero-order chi connectivity index (χ0) is 45.5. The number of fused-ring (bicyclic) bond motifs is 7. The quantitative estimate of drug-likeness (QED) is 0.0805. The maximum atomic E-state index is 14.4. The Hall–Kier alpha value is -4.12. The van der Waals surface area contributed by atoms with E-state index in [0.29, 0.717) is 24.1 Å². The van der Waals surface area contributed by atoms with E-state index in [1.165, 1.54) is 5.57 Å². The molecule has 1 heterocycles. The van der Waals surface area contributed by atoms with Gasteiger partial charge in [-0.2, -0.15) is 0 Å². The van der Waals surface area contributed by atoms with E-state index in [-0.39, 0.29) is 61.2 Å². The Morgan fingerprint density at radius 3 is 2.52 bits per heavy atom. The number of carbonyl (C=O) groups excluding carboxylic acids is 4. The van der Waals surface area contributed by atoms with E-state index in [1.807, 2.05) is 43.3 Å². The molecule has 5 aliphatic rings. The van der Waals surface area contributed by atoms with Crippen LogP contribution in [0.3, 0.4) is 0 Å². The minimum Gasteiger partial charge on any atom is -0.481 e. The van der Waals surface area contributed by atoms with Crippen molar-refractivity contribution in [3.63, 3.8) is 0 Å². The molecule has 3 saturated carbocycles. The first-order valence-electron chi connectivity index (χ1n) is 21.1. The lowest BCUT2D eigenvalue weighted by atomic mass is 9.46. The van der Waals surface area contributed by atoms with Gasteiger partial charge in [-0.05, 0) is 79.2 Å². The third-order valence-electron chi connectivity index (χ3n) is 14.1. The van der Waals surface area contributed by atoms with Gasteiger partial charge in [-0.3, -0.25) is 28.5 Å². The number of allylic oxidation sites excluding steroid dienone is 5. The maximum absolute atomic E-state index is 14.4. The molecule has 63 heavy (non-hydrogen) atoms. The summed E-state index contributed by atoms with van der Waals surface area (Å²) in [7, 11) is -5.02. The number of halogens is 1. The SMILES string of the molecule is C=C1C=C[C@@]2(C)C(=C1)CC[C@@H]1[C@@H]2[C@@H](O)C[C@@]2(C)[C@H]1C[C@H]1O[C@@H](c3ccc(Cc4cccc(NC(=O)[C@H](CCC(=O)O)CC(=O)CNC(=O)CBr)c4)cc3)O[C@]12C(=O)COP(=O)(O)O. The number of ether oxygens (including phenoxy) is 2. The molecule has 7 rings (SSSR count). The number of carboxylic acid groups (broad SMARTS) is 1. The number of phosphoric acid groups is 1. The Kier molecular flexibility index (Phi) is 13.7. The maximum Gasteiger partial charge on any atom is 0.470 e. The predicted molar refractivity (Wildman–Crippen MR) is 233 cm³/mol. The fraction of sp³-hybridized carbons (Fsp3) is 0.500. The average molecular weight is 954 g/mol. The minimum absolute atomic E-state index is 0.0127. The van der Waals surface area contributed by atoms with Crippen LogP contribution in [-0.4, -0.2) is 85.6 Å². The molecule has 0 aromatic heterocycles. The van der Waals surface area contributed by atoms with Gasteiger partial charge in [0.25, 0.3) is 0 Å². The number of benzene rings is 2. The number of nitrogens with one attached hydrogen (secondary N) is 2. The summed E-state index contributed by atoms with van der Waals surface area (Å²) < 4.78 is 30.0. The van der Waals surface area contributed by atoms with Crippen LogP contribution < -0.4 is 10.6 Å². The number of aliphatic carboxylic acids is 1. The second-order valence-corrected chi connectivity index (χ2v) is 19.8. The molecule has 0 radical (unpaired) electrons. The van der Waals surface area contributed by atoms with Crippen molar-refractivity contribution < 1.29 is 62.5 Å². The van der Waals surface area contributed by atoms with E-state index in [4.69, 9.17) is 14.0 Å². The summed E-state index contributed by atoms with van der Waals surface area (Å²) in [5.74, 6) is -4.20. The number of anilines is 1. The van der Waals surface area contributed by atoms with Crippen LogP contribution >= 0.6 is 23.8 Å². The number of hydrogen-bond donors (Lipinski definition) is 6. The predicted octanol–water partition coefficient (Wildman–Crippen LogP) is 5.87. The number of amides is 2. The van der Waals surface area contributed by atoms with Crippen molar-refractivity contribution in [3.05, 3.63) is 101 Å². The van der Waals surface area contributed by atoms with E-state index >= 15 is 0 Å². The number of aliphatic hydroxyl groups is 1. The number of phosphoric ester groups is 1. The summed E-state index contributed by atoms with van der Waals surface area (Å²) in [6.45, 7) is 7.04. The lowest BCUT2D eigenvalue weighted by Crippen LogP contribution is -2.63. The van der Waals surface area contributed by atoms with Crippen molar-refractivity contribution in [2.75, 3.05) is 23.8 Å². The summed E-state index contributed by atoms with van der Waals surface area (Å²) in [5.41, 5.74) is 1.94. The molecule has 6 N–H and O–H groups in total. The molecule has 15 nitrogen and oxygen atoms in total. The molecular formula is C46H54BrN2O13P. The topological polar surface area (TPSA) is 235 Å². The van der Waals surface area contributed by atoms with E-state index in [2.05, 4.69) is 52.2 Å². The summed E-state index contributed by atoms with van der Waals surface area (Å²) in [6, 6.07) is 14.5. The zero-order valence-corrected chi connectivity index (χ0v) is 37.6. The lowest BCUT2D eigenvalue weighted by molar-refractivity contribution is -0.200. The Morgan fingerprint density at radius 1 is 1.08 bits per heavy atom. The van der Waals surface area contributed by atoms with Gasteiger partial charge in [-0.1, -0.05) is 96.6 Å². The zero-order valence-electron chi connectivity index (χ0n) is 35.2. The highest BCUT2D eigenvalue weighted by atomic mass is 79.9. The number of carboxylic acids is 1. The van der Waals surface area contributed by atoms with Gasteiger partial charge in [-0.25, -0.2) is 4.57 Å². The van der Waals surface area contributed by atoms with Crippen LogP contribution in [0.15, 0.2) is 84.5 Å². The molecule has 1 aliphatic heterocycles. The van der Waals surface area contributed by atoms with Gasteiger partial charge in [0.15, 0.2) is 23.5 Å². The van der Waals surface area contributed by atoms with E-state index in [9.17, 15) is 48.5 Å². The molecular weight excluding hydrogens is 899 g/mol.